The maximum absolute atomic E-state index is 13.7. The van der Waals surface area contributed by atoms with E-state index in [2.05, 4.69) is 10.1 Å². The zero-order chi connectivity index (χ0) is 25.3. The van der Waals surface area contributed by atoms with Gasteiger partial charge < -0.3 is 14.2 Å². The number of nitrogens with zero attached hydrogens (tertiary/aromatic N) is 3. The van der Waals surface area contributed by atoms with Crippen molar-refractivity contribution in [3.8, 4) is 5.75 Å². The SMILES string of the molecule is C[C@@H](Oc1ccc(S(C)(=O)=O)cc1C(=O)N1CC2C[C@]2(c2nc(C(C)(F)F)no2)C1)C(F)(F)P. The third-order valence-electron chi connectivity index (χ3n) is 6.13. The van der Waals surface area contributed by atoms with Gasteiger partial charge in [-0.1, -0.05) is 14.4 Å². The molecular weight excluding hydrogens is 501 g/mol. The Morgan fingerprint density at radius 2 is 2.03 bits per heavy atom. The van der Waals surface area contributed by atoms with E-state index in [1.807, 2.05) is 0 Å². The van der Waals surface area contributed by atoms with Crippen LogP contribution in [0.5, 0.6) is 5.75 Å². The number of halogens is 4. The van der Waals surface area contributed by atoms with Crippen LogP contribution >= 0.6 is 9.24 Å². The highest BCUT2D eigenvalue weighted by molar-refractivity contribution is 7.90. The molecule has 2 aliphatic rings. The van der Waals surface area contributed by atoms with E-state index in [9.17, 15) is 30.8 Å². The first kappa shape index (κ1) is 24.8. The molecule has 186 valence electrons. The van der Waals surface area contributed by atoms with Crippen LogP contribution < -0.4 is 4.74 Å². The van der Waals surface area contributed by atoms with E-state index in [0.29, 0.717) is 13.3 Å². The number of fused-ring (bicyclic) bond motifs is 1. The summed E-state index contributed by atoms with van der Waals surface area (Å²) in [5.74, 6) is -5.00. The maximum Gasteiger partial charge on any atom is 0.307 e. The Labute approximate surface area is 195 Å². The van der Waals surface area contributed by atoms with Crippen molar-refractivity contribution in [2.24, 2.45) is 5.92 Å². The lowest BCUT2D eigenvalue weighted by Crippen LogP contribution is -2.34. The number of carbonyl (C=O) groups excluding carboxylic acids is 1. The van der Waals surface area contributed by atoms with Crippen LogP contribution in [0.25, 0.3) is 0 Å². The molecule has 34 heavy (non-hydrogen) atoms. The number of ether oxygens (including phenoxy) is 1. The van der Waals surface area contributed by atoms with Crippen LogP contribution in [0.1, 0.15) is 42.3 Å². The molecule has 4 atom stereocenters. The lowest BCUT2D eigenvalue weighted by Gasteiger charge is -2.25. The van der Waals surface area contributed by atoms with Crippen molar-refractivity contribution in [2.75, 3.05) is 19.3 Å². The normalized spacial score (nSPS) is 23.5. The first-order valence-electron chi connectivity index (χ1n) is 10.2. The fourth-order valence-electron chi connectivity index (χ4n) is 4.02. The lowest BCUT2D eigenvalue weighted by molar-refractivity contribution is -0.0103. The Kier molecular flexibility index (Phi) is 5.75. The topological polar surface area (TPSA) is 103 Å². The molecule has 2 heterocycles. The van der Waals surface area contributed by atoms with Crippen LogP contribution in [0, 0.1) is 5.92 Å². The minimum atomic E-state index is -3.71. The van der Waals surface area contributed by atoms with Crippen molar-refractivity contribution in [1.82, 2.24) is 15.0 Å². The quantitative estimate of drug-likeness (QED) is 0.406. The number of likely N-dealkylation sites (tertiary alicyclic amines) is 1. The highest BCUT2D eigenvalue weighted by atomic mass is 32.2. The Morgan fingerprint density at radius 3 is 2.59 bits per heavy atom. The van der Waals surface area contributed by atoms with Gasteiger partial charge in [0.25, 0.3) is 11.6 Å². The number of sulfone groups is 1. The summed E-state index contributed by atoms with van der Waals surface area (Å²) >= 11 is 0. The van der Waals surface area contributed by atoms with E-state index in [4.69, 9.17) is 9.26 Å². The zero-order valence-electron chi connectivity index (χ0n) is 18.4. The molecule has 2 aromatic rings. The molecule has 0 bridgehead atoms. The van der Waals surface area contributed by atoms with Crippen LogP contribution in [-0.4, -0.2) is 60.5 Å². The summed E-state index contributed by atoms with van der Waals surface area (Å²) in [7, 11) is -2.35. The Morgan fingerprint density at radius 1 is 1.35 bits per heavy atom. The molecular formula is C20H22F4N3O5PS. The van der Waals surface area contributed by atoms with Crippen molar-refractivity contribution in [1.29, 1.82) is 0 Å². The van der Waals surface area contributed by atoms with Gasteiger partial charge in [0.15, 0.2) is 15.9 Å². The van der Waals surface area contributed by atoms with Gasteiger partial charge >= 0.3 is 5.92 Å². The third kappa shape index (κ3) is 4.51. The van der Waals surface area contributed by atoms with Crippen molar-refractivity contribution in [3.05, 3.63) is 35.5 Å². The molecule has 1 aromatic carbocycles. The second-order valence-electron chi connectivity index (χ2n) is 8.92. The number of alkyl halides is 4. The molecule has 0 N–H and O–H groups in total. The van der Waals surface area contributed by atoms with Crippen LogP contribution in [-0.2, 0) is 21.2 Å². The van der Waals surface area contributed by atoms with Crippen molar-refractivity contribution >= 4 is 25.0 Å². The van der Waals surface area contributed by atoms with E-state index < -0.39 is 44.7 Å². The minimum absolute atomic E-state index is 0.00181. The summed E-state index contributed by atoms with van der Waals surface area (Å²) in [5, 5.41) is 3.34. The molecule has 0 spiro atoms. The van der Waals surface area contributed by atoms with Crippen molar-refractivity contribution < 1.29 is 40.0 Å². The Balaban J connectivity index is 1.63. The molecule has 8 nitrogen and oxygen atoms in total. The number of benzene rings is 1. The standard InChI is InChI=1S/C20H22F4N3O5PS/c1-10(20(23,24)33)31-14-5-4-12(34(3,29)30)6-13(14)15(28)27-8-11-7-19(11,9-27)17-25-16(26-32-17)18(2,21)22/h4-6,10-11H,7-9,33H2,1-3H3/t10-,11?,19+/m1/s1. The second-order valence-corrected chi connectivity index (χ2v) is 11.7. The number of carbonyl (C=O) groups is 1. The van der Waals surface area contributed by atoms with E-state index in [0.717, 1.165) is 25.3 Å². The Hall–Kier alpha value is -2.27. The van der Waals surface area contributed by atoms with E-state index in [-0.39, 0.29) is 41.1 Å². The number of hydrogen-bond donors (Lipinski definition) is 0. The molecule has 1 aliphatic carbocycles. The Bertz CT molecular complexity index is 1240. The first-order chi connectivity index (χ1) is 15.5. The van der Waals surface area contributed by atoms with E-state index in [1.54, 1.807) is 0 Å². The van der Waals surface area contributed by atoms with Gasteiger partial charge in [-0.2, -0.15) is 22.5 Å². The summed E-state index contributed by atoms with van der Waals surface area (Å²) < 4.78 is 88.8. The predicted molar refractivity (Wildman–Crippen MR) is 114 cm³/mol. The monoisotopic (exact) mass is 523 g/mol. The van der Waals surface area contributed by atoms with E-state index in [1.165, 1.54) is 20.2 Å². The summed E-state index contributed by atoms with van der Waals surface area (Å²) in [6.07, 6.45) is -0.122. The average Bonchev–Trinajstić information content (AvgIpc) is 3.07. The molecule has 1 aromatic heterocycles. The van der Waals surface area contributed by atoms with Crippen molar-refractivity contribution in [3.63, 3.8) is 0 Å². The average molecular weight is 523 g/mol. The smallest absolute Gasteiger partial charge is 0.307 e. The van der Waals surface area contributed by atoms with Gasteiger partial charge in [0.05, 0.1) is 15.9 Å². The van der Waals surface area contributed by atoms with Gasteiger partial charge in [-0.25, -0.2) is 8.42 Å². The van der Waals surface area contributed by atoms with E-state index >= 15 is 0 Å². The zero-order valence-corrected chi connectivity index (χ0v) is 20.4. The summed E-state index contributed by atoms with van der Waals surface area (Å²) in [6.45, 7) is 2.04. The fraction of sp³-hybridized carbons (Fsp3) is 0.550. The van der Waals surface area contributed by atoms with Gasteiger partial charge in [0.2, 0.25) is 11.7 Å². The van der Waals surface area contributed by atoms with Gasteiger partial charge in [0.1, 0.15) is 5.75 Å². The molecule has 1 aliphatic heterocycles. The molecule has 1 saturated heterocycles. The molecule has 1 amide bonds. The van der Waals surface area contributed by atoms with Gasteiger partial charge in [-0.15, -0.1) is 0 Å². The van der Waals surface area contributed by atoms with Crippen molar-refractivity contribution in [2.45, 2.75) is 48.3 Å². The van der Waals surface area contributed by atoms with Gasteiger partial charge in [-0.3, -0.25) is 4.79 Å². The van der Waals surface area contributed by atoms with Gasteiger partial charge in [0, 0.05) is 26.3 Å². The molecule has 0 radical (unpaired) electrons. The van der Waals surface area contributed by atoms with Gasteiger partial charge in [-0.05, 0) is 37.5 Å². The first-order valence-corrected chi connectivity index (χ1v) is 12.7. The molecule has 2 unspecified atom stereocenters. The molecule has 1 saturated carbocycles. The number of piperidine rings is 1. The molecule has 4 rings (SSSR count). The largest absolute Gasteiger partial charge is 0.483 e. The number of amides is 1. The molecule has 14 heteroatoms. The highest BCUT2D eigenvalue weighted by Crippen LogP contribution is 2.59. The summed E-state index contributed by atoms with van der Waals surface area (Å²) in [5.41, 5.74) is -4.28. The number of hydrogen-bond acceptors (Lipinski definition) is 7. The second kappa shape index (κ2) is 7.87. The van der Waals surface area contributed by atoms with Crippen LogP contribution in [0.3, 0.4) is 0 Å². The minimum Gasteiger partial charge on any atom is -0.483 e. The summed E-state index contributed by atoms with van der Waals surface area (Å²) in [6, 6.07) is 3.42. The predicted octanol–water partition coefficient (Wildman–Crippen LogP) is 3.23. The van der Waals surface area contributed by atoms with Crippen LogP contribution in [0.15, 0.2) is 27.6 Å². The van der Waals surface area contributed by atoms with Crippen LogP contribution in [0.4, 0.5) is 17.6 Å². The fourth-order valence-corrected chi connectivity index (χ4v) is 4.74. The number of aromatic nitrogens is 2. The lowest BCUT2D eigenvalue weighted by atomic mass is 10.1. The number of rotatable bonds is 7. The summed E-state index contributed by atoms with van der Waals surface area (Å²) in [4.78, 5) is 18.4. The molecule has 2 fully saturated rings. The highest BCUT2D eigenvalue weighted by Gasteiger charge is 2.65. The third-order valence-corrected chi connectivity index (χ3v) is 7.71. The maximum atomic E-state index is 13.7. The van der Waals surface area contributed by atoms with Crippen LogP contribution in [0.2, 0.25) is 0 Å².